The van der Waals surface area contributed by atoms with Gasteiger partial charge in [-0.1, -0.05) is 48.2 Å². The molecule has 3 aromatic carbocycles. The van der Waals surface area contributed by atoms with E-state index in [0.717, 1.165) is 22.5 Å². The SMILES string of the molecule is O=C(CNc1ccccc1)Nc1ccc(C#Cc2ccccc2)cc1. The molecule has 3 nitrogen and oxygen atoms in total. The van der Waals surface area contributed by atoms with Gasteiger partial charge in [-0.25, -0.2) is 0 Å². The number of amides is 1. The number of para-hydroxylation sites is 1. The molecule has 0 fully saturated rings. The van der Waals surface area contributed by atoms with Crippen LogP contribution in [-0.2, 0) is 4.79 Å². The van der Waals surface area contributed by atoms with E-state index in [1.54, 1.807) is 0 Å². The van der Waals surface area contributed by atoms with Gasteiger partial charge in [0.15, 0.2) is 0 Å². The molecule has 0 aromatic heterocycles. The molecule has 0 spiro atoms. The van der Waals surface area contributed by atoms with Crippen molar-refractivity contribution in [2.24, 2.45) is 0 Å². The molecule has 0 saturated carbocycles. The molecule has 2 N–H and O–H groups in total. The fraction of sp³-hybridized carbons (Fsp3) is 0.0455. The lowest BCUT2D eigenvalue weighted by Crippen LogP contribution is -2.21. The molecule has 0 radical (unpaired) electrons. The van der Waals surface area contributed by atoms with Gasteiger partial charge in [-0.3, -0.25) is 4.79 Å². The molecule has 0 unspecified atom stereocenters. The predicted molar refractivity (Wildman–Crippen MR) is 102 cm³/mol. The molecule has 0 atom stereocenters. The van der Waals surface area contributed by atoms with Crippen molar-refractivity contribution in [2.45, 2.75) is 0 Å². The van der Waals surface area contributed by atoms with Gasteiger partial charge in [0.25, 0.3) is 0 Å². The maximum absolute atomic E-state index is 12.0. The van der Waals surface area contributed by atoms with Crippen LogP contribution in [0.1, 0.15) is 11.1 Å². The molecule has 122 valence electrons. The highest BCUT2D eigenvalue weighted by Crippen LogP contribution is 2.10. The van der Waals surface area contributed by atoms with Crippen LogP contribution in [0.5, 0.6) is 0 Å². The Morgan fingerprint density at radius 1 is 0.680 bits per heavy atom. The second-order valence-electron chi connectivity index (χ2n) is 5.46. The molecule has 0 heterocycles. The summed E-state index contributed by atoms with van der Waals surface area (Å²) in [6.45, 7) is 0.222. The van der Waals surface area contributed by atoms with Gasteiger partial charge in [0.2, 0.25) is 5.91 Å². The molecule has 3 aromatic rings. The van der Waals surface area contributed by atoms with E-state index in [0.29, 0.717) is 0 Å². The van der Waals surface area contributed by atoms with Crippen molar-refractivity contribution in [1.82, 2.24) is 0 Å². The molecule has 0 bridgehead atoms. The van der Waals surface area contributed by atoms with Gasteiger partial charge in [0.05, 0.1) is 6.54 Å². The lowest BCUT2D eigenvalue weighted by atomic mass is 10.1. The van der Waals surface area contributed by atoms with Crippen molar-refractivity contribution < 1.29 is 4.79 Å². The maximum Gasteiger partial charge on any atom is 0.243 e. The first kappa shape index (κ1) is 16.4. The van der Waals surface area contributed by atoms with Gasteiger partial charge >= 0.3 is 0 Å². The zero-order valence-corrected chi connectivity index (χ0v) is 13.7. The predicted octanol–water partition coefficient (Wildman–Crippen LogP) is 4.14. The summed E-state index contributed by atoms with van der Waals surface area (Å²) < 4.78 is 0. The van der Waals surface area contributed by atoms with Crippen molar-refractivity contribution in [3.63, 3.8) is 0 Å². The molecule has 25 heavy (non-hydrogen) atoms. The number of rotatable bonds is 4. The van der Waals surface area contributed by atoms with Crippen LogP contribution in [0, 0.1) is 11.8 Å². The zero-order valence-electron chi connectivity index (χ0n) is 13.7. The normalized spacial score (nSPS) is 9.60. The number of carbonyl (C=O) groups is 1. The van der Waals surface area contributed by atoms with Crippen LogP contribution in [0.3, 0.4) is 0 Å². The van der Waals surface area contributed by atoms with Gasteiger partial charge in [0, 0.05) is 22.5 Å². The zero-order chi connectivity index (χ0) is 17.3. The summed E-state index contributed by atoms with van der Waals surface area (Å²) in [5.41, 5.74) is 3.56. The monoisotopic (exact) mass is 326 g/mol. The quantitative estimate of drug-likeness (QED) is 0.708. The third-order valence-electron chi connectivity index (χ3n) is 3.52. The molecular formula is C22H18N2O. The number of nitrogens with one attached hydrogen (secondary N) is 2. The van der Waals surface area contributed by atoms with E-state index >= 15 is 0 Å². The van der Waals surface area contributed by atoms with E-state index in [1.807, 2.05) is 84.9 Å². The van der Waals surface area contributed by atoms with E-state index in [-0.39, 0.29) is 12.5 Å². The number of hydrogen-bond acceptors (Lipinski definition) is 2. The molecule has 0 aliphatic heterocycles. The molecule has 0 aliphatic carbocycles. The molecule has 3 heteroatoms. The summed E-state index contributed by atoms with van der Waals surface area (Å²) in [6.07, 6.45) is 0. The van der Waals surface area contributed by atoms with Crippen molar-refractivity contribution in [3.8, 4) is 11.8 Å². The minimum Gasteiger partial charge on any atom is -0.376 e. The Hall–Kier alpha value is -3.51. The van der Waals surface area contributed by atoms with E-state index in [1.165, 1.54) is 0 Å². The van der Waals surface area contributed by atoms with Gasteiger partial charge < -0.3 is 10.6 Å². The summed E-state index contributed by atoms with van der Waals surface area (Å²) in [4.78, 5) is 12.0. The Balaban J connectivity index is 1.54. The van der Waals surface area contributed by atoms with Crippen molar-refractivity contribution in [1.29, 1.82) is 0 Å². The van der Waals surface area contributed by atoms with Crippen LogP contribution in [0.2, 0.25) is 0 Å². The molecule has 0 aliphatic rings. The van der Waals surface area contributed by atoms with Crippen LogP contribution in [0.15, 0.2) is 84.9 Å². The summed E-state index contributed by atoms with van der Waals surface area (Å²) >= 11 is 0. The topological polar surface area (TPSA) is 41.1 Å². The summed E-state index contributed by atoms with van der Waals surface area (Å²) in [7, 11) is 0. The molecule has 0 saturated heterocycles. The van der Waals surface area contributed by atoms with E-state index in [2.05, 4.69) is 22.5 Å². The first-order valence-corrected chi connectivity index (χ1v) is 8.05. The smallest absolute Gasteiger partial charge is 0.243 e. The Kier molecular flexibility index (Phi) is 5.48. The standard InChI is InChI=1S/C22H18N2O/c25-22(17-23-20-9-5-2-6-10-20)24-21-15-13-19(14-16-21)12-11-18-7-3-1-4-8-18/h1-10,13-16,23H,17H2,(H,24,25). The Labute approximate surface area is 147 Å². The summed E-state index contributed by atoms with van der Waals surface area (Å²) in [6, 6.07) is 27.0. The second-order valence-corrected chi connectivity index (χ2v) is 5.46. The highest BCUT2D eigenvalue weighted by molar-refractivity contribution is 5.93. The lowest BCUT2D eigenvalue weighted by molar-refractivity contribution is -0.114. The van der Waals surface area contributed by atoms with Crippen LogP contribution in [0.25, 0.3) is 0 Å². The van der Waals surface area contributed by atoms with Crippen molar-refractivity contribution >= 4 is 17.3 Å². The maximum atomic E-state index is 12.0. The highest BCUT2D eigenvalue weighted by Gasteiger charge is 2.02. The second kappa shape index (κ2) is 8.37. The third kappa shape index (κ3) is 5.26. The van der Waals surface area contributed by atoms with Gasteiger partial charge in [-0.15, -0.1) is 0 Å². The van der Waals surface area contributed by atoms with E-state index < -0.39 is 0 Å². The average Bonchev–Trinajstić information content (AvgIpc) is 2.67. The summed E-state index contributed by atoms with van der Waals surface area (Å²) in [5.74, 6) is 6.13. The molecule has 3 rings (SSSR count). The Morgan fingerprint density at radius 3 is 1.88 bits per heavy atom. The van der Waals surface area contributed by atoms with Crippen LogP contribution in [0.4, 0.5) is 11.4 Å². The lowest BCUT2D eigenvalue weighted by Gasteiger charge is -2.07. The largest absolute Gasteiger partial charge is 0.376 e. The van der Waals surface area contributed by atoms with Crippen LogP contribution < -0.4 is 10.6 Å². The van der Waals surface area contributed by atoms with Gasteiger partial charge in [-0.2, -0.15) is 0 Å². The highest BCUT2D eigenvalue weighted by atomic mass is 16.1. The molecular weight excluding hydrogens is 308 g/mol. The Bertz CT molecular complexity index is 876. The third-order valence-corrected chi connectivity index (χ3v) is 3.52. The van der Waals surface area contributed by atoms with Gasteiger partial charge in [-0.05, 0) is 48.5 Å². The number of benzene rings is 3. The van der Waals surface area contributed by atoms with Crippen molar-refractivity contribution in [2.75, 3.05) is 17.2 Å². The molecule has 1 amide bonds. The average molecular weight is 326 g/mol. The first-order chi connectivity index (χ1) is 12.3. The van der Waals surface area contributed by atoms with Crippen LogP contribution >= 0.6 is 0 Å². The minimum absolute atomic E-state index is 0.0908. The van der Waals surface area contributed by atoms with Crippen LogP contribution in [-0.4, -0.2) is 12.5 Å². The minimum atomic E-state index is -0.0908. The fourth-order valence-electron chi connectivity index (χ4n) is 2.25. The number of anilines is 2. The first-order valence-electron chi connectivity index (χ1n) is 8.05. The van der Waals surface area contributed by atoms with E-state index in [4.69, 9.17) is 0 Å². The Morgan fingerprint density at radius 2 is 1.24 bits per heavy atom. The number of carbonyl (C=O) groups excluding carboxylic acids is 1. The number of hydrogen-bond donors (Lipinski definition) is 2. The fourth-order valence-corrected chi connectivity index (χ4v) is 2.25. The van der Waals surface area contributed by atoms with Gasteiger partial charge in [0.1, 0.15) is 0 Å². The van der Waals surface area contributed by atoms with E-state index in [9.17, 15) is 4.79 Å². The van der Waals surface area contributed by atoms with Crippen molar-refractivity contribution in [3.05, 3.63) is 96.1 Å². The summed E-state index contributed by atoms with van der Waals surface area (Å²) in [5, 5.41) is 5.94.